The molecule has 0 bridgehead atoms. The van der Waals surface area contributed by atoms with Crippen LogP contribution in [0.2, 0.25) is 0 Å². The van der Waals surface area contributed by atoms with E-state index in [-0.39, 0.29) is 24.7 Å². The molecule has 9 heteroatoms. The fourth-order valence-corrected chi connectivity index (χ4v) is 6.70. The van der Waals surface area contributed by atoms with Crippen molar-refractivity contribution in [3.05, 3.63) is 131 Å². The molecule has 2 aliphatic rings. The molecule has 6 rings (SSSR count). The molecule has 0 saturated carbocycles. The van der Waals surface area contributed by atoms with Gasteiger partial charge in [0, 0.05) is 64.7 Å². The summed E-state index contributed by atoms with van der Waals surface area (Å²) in [7, 11) is 0. The minimum absolute atomic E-state index is 0.00562. The number of hydrogen-bond acceptors (Lipinski definition) is 8. The number of nitrogens with one attached hydrogen (secondary N) is 1. The number of benzene rings is 4. The minimum Gasteiger partial charge on any atom is -0.453 e. The van der Waals surface area contributed by atoms with Crippen molar-refractivity contribution in [2.75, 3.05) is 32.7 Å². The van der Waals surface area contributed by atoms with Gasteiger partial charge in [-0.05, 0) is 40.3 Å². The number of aliphatic hydroxyl groups excluding tert-OH is 1. The highest BCUT2D eigenvalue weighted by molar-refractivity contribution is 5.83. The van der Waals surface area contributed by atoms with Crippen molar-refractivity contribution in [2.45, 2.75) is 64.6 Å². The molecule has 1 amide bonds. The number of nitrogens with zero attached hydrogens (tertiary/aromatic N) is 2. The van der Waals surface area contributed by atoms with Crippen molar-refractivity contribution in [1.29, 1.82) is 0 Å². The van der Waals surface area contributed by atoms with Crippen LogP contribution in [0.4, 0.5) is 0 Å². The second-order valence-electron chi connectivity index (χ2n) is 13.2. The van der Waals surface area contributed by atoms with Crippen LogP contribution in [0.5, 0.6) is 0 Å². The Morgan fingerprint density at radius 1 is 0.820 bits per heavy atom. The third-order valence-electron chi connectivity index (χ3n) is 9.47. The Kier molecular flexibility index (Phi) is 12.1. The molecule has 0 aliphatic carbocycles. The van der Waals surface area contributed by atoms with Crippen LogP contribution in [0.3, 0.4) is 0 Å². The first-order valence-electron chi connectivity index (χ1n) is 17.5. The third-order valence-corrected chi connectivity index (χ3v) is 9.47. The number of hydrogen-bond donors (Lipinski definition) is 2. The summed E-state index contributed by atoms with van der Waals surface area (Å²) in [6.07, 6.45) is -0.826. The number of amides is 1. The van der Waals surface area contributed by atoms with Crippen LogP contribution in [0.15, 0.2) is 103 Å². The van der Waals surface area contributed by atoms with Gasteiger partial charge < -0.3 is 24.6 Å². The zero-order chi connectivity index (χ0) is 34.9. The SMILES string of the molecule is CC(=O)O[C@@H](C)C(=O)NCc1ccccc1-c1ccc([C@@H]2O[C@H](CN3CCN(Cc4ccccc4)CC3)C[C@H](c3ccc(CO)cc3)O2)cc1. The normalized spacial score (nSPS) is 20.6. The molecule has 9 nitrogen and oxygen atoms in total. The fraction of sp³-hybridized carbons (Fsp3) is 0.366. The Balaban J connectivity index is 1.13. The lowest BCUT2D eigenvalue weighted by molar-refractivity contribution is -0.253. The van der Waals surface area contributed by atoms with Crippen LogP contribution >= 0.6 is 0 Å². The number of rotatable bonds is 12. The monoisotopic (exact) mass is 677 g/mol. The molecule has 2 saturated heterocycles. The summed E-state index contributed by atoms with van der Waals surface area (Å²) in [4.78, 5) is 28.8. The molecule has 2 fully saturated rings. The highest BCUT2D eigenvalue weighted by atomic mass is 16.7. The first kappa shape index (κ1) is 35.4. The average molecular weight is 678 g/mol. The summed E-state index contributed by atoms with van der Waals surface area (Å²) >= 11 is 0. The van der Waals surface area contributed by atoms with Crippen LogP contribution in [-0.2, 0) is 43.5 Å². The molecule has 0 spiro atoms. The van der Waals surface area contributed by atoms with Crippen LogP contribution in [-0.4, -0.2) is 71.7 Å². The van der Waals surface area contributed by atoms with Crippen molar-refractivity contribution >= 4 is 11.9 Å². The van der Waals surface area contributed by atoms with Crippen molar-refractivity contribution < 1.29 is 28.9 Å². The lowest BCUT2D eigenvalue weighted by Crippen LogP contribution is -2.49. The van der Waals surface area contributed by atoms with E-state index in [1.54, 1.807) is 6.92 Å². The lowest BCUT2D eigenvalue weighted by Gasteiger charge is -2.40. The van der Waals surface area contributed by atoms with Crippen LogP contribution in [0.25, 0.3) is 11.1 Å². The van der Waals surface area contributed by atoms with E-state index >= 15 is 0 Å². The maximum Gasteiger partial charge on any atom is 0.303 e. The van der Waals surface area contributed by atoms with Gasteiger partial charge in [-0.15, -0.1) is 0 Å². The Bertz CT molecular complexity index is 1690. The number of carbonyl (C=O) groups excluding carboxylic acids is 2. The summed E-state index contributed by atoms with van der Waals surface area (Å²) in [5.41, 5.74) is 7.17. The largest absolute Gasteiger partial charge is 0.453 e. The highest BCUT2D eigenvalue weighted by Gasteiger charge is 2.34. The number of carbonyl (C=O) groups is 2. The minimum atomic E-state index is -0.862. The van der Waals surface area contributed by atoms with Crippen LogP contribution in [0, 0.1) is 0 Å². The van der Waals surface area contributed by atoms with E-state index in [1.807, 2.05) is 48.5 Å². The van der Waals surface area contributed by atoms with Gasteiger partial charge in [-0.25, -0.2) is 0 Å². The van der Waals surface area contributed by atoms with E-state index in [2.05, 4.69) is 69.7 Å². The Morgan fingerprint density at radius 2 is 1.48 bits per heavy atom. The standard InChI is InChI=1S/C41H47N3O6/c1-29(48-30(2)46)40(47)42-25-36-10-6-7-11-38(36)33-16-18-35(19-17-33)41-49-37(24-39(50-41)34-14-12-32(28-45)13-15-34)27-44-22-20-43(21-23-44)26-31-8-4-3-5-9-31/h3-19,29,37,39,41,45H,20-28H2,1-2H3,(H,42,47)/t29-,37-,39+,41+/m0/s1. The van der Waals surface area contributed by atoms with E-state index in [0.717, 1.165) is 79.1 Å². The first-order valence-corrected chi connectivity index (χ1v) is 17.5. The summed E-state index contributed by atoms with van der Waals surface area (Å²) in [5.74, 6) is -0.838. The van der Waals surface area contributed by atoms with Crippen molar-refractivity contribution in [3.63, 3.8) is 0 Å². The molecular formula is C41H47N3O6. The van der Waals surface area contributed by atoms with Gasteiger partial charge in [0.05, 0.1) is 18.8 Å². The van der Waals surface area contributed by atoms with Crippen LogP contribution < -0.4 is 5.32 Å². The number of piperazine rings is 1. The quantitative estimate of drug-likeness (QED) is 0.182. The number of ether oxygens (including phenoxy) is 3. The van der Waals surface area contributed by atoms with E-state index in [9.17, 15) is 14.7 Å². The molecule has 2 aliphatic heterocycles. The molecule has 2 N–H and O–H groups in total. The number of aliphatic hydroxyl groups is 1. The molecule has 0 unspecified atom stereocenters. The summed E-state index contributed by atoms with van der Waals surface area (Å²) in [6.45, 7) is 8.98. The van der Waals surface area contributed by atoms with E-state index < -0.39 is 18.4 Å². The van der Waals surface area contributed by atoms with Crippen molar-refractivity contribution in [1.82, 2.24) is 15.1 Å². The van der Waals surface area contributed by atoms with Gasteiger partial charge in [0.15, 0.2) is 12.4 Å². The van der Waals surface area contributed by atoms with E-state index in [4.69, 9.17) is 14.2 Å². The third kappa shape index (κ3) is 9.44. The number of esters is 1. The summed E-state index contributed by atoms with van der Waals surface area (Å²) in [5, 5.41) is 12.5. The molecule has 4 atom stereocenters. The molecule has 50 heavy (non-hydrogen) atoms. The Hall–Kier alpha value is -4.38. The van der Waals surface area contributed by atoms with E-state index in [0.29, 0.717) is 6.54 Å². The maximum absolute atomic E-state index is 12.5. The Labute approximate surface area is 294 Å². The van der Waals surface area contributed by atoms with Crippen molar-refractivity contribution in [2.24, 2.45) is 0 Å². The molecule has 0 aromatic heterocycles. The molecule has 4 aromatic rings. The molecule has 262 valence electrons. The smallest absolute Gasteiger partial charge is 0.303 e. The zero-order valence-corrected chi connectivity index (χ0v) is 28.9. The second kappa shape index (κ2) is 17.0. The topological polar surface area (TPSA) is 101 Å². The molecule has 4 aromatic carbocycles. The summed E-state index contributed by atoms with van der Waals surface area (Å²) in [6, 6.07) is 34.8. The van der Waals surface area contributed by atoms with E-state index in [1.165, 1.54) is 12.5 Å². The first-order chi connectivity index (χ1) is 24.3. The lowest BCUT2D eigenvalue weighted by atomic mass is 9.97. The van der Waals surface area contributed by atoms with Gasteiger partial charge in [0.25, 0.3) is 5.91 Å². The van der Waals surface area contributed by atoms with Gasteiger partial charge in [-0.3, -0.25) is 19.4 Å². The Morgan fingerprint density at radius 3 is 2.18 bits per heavy atom. The van der Waals surface area contributed by atoms with Crippen molar-refractivity contribution in [3.8, 4) is 11.1 Å². The molecular weight excluding hydrogens is 630 g/mol. The average Bonchev–Trinajstić information content (AvgIpc) is 3.15. The van der Waals surface area contributed by atoms with Gasteiger partial charge in [-0.2, -0.15) is 0 Å². The predicted octanol–water partition coefficient (Wildman–Crippen LogP) is 5.78. The van der Waals surface area contributed by atoms with Gasteiger partial charge in [0.2, 0.25) is 0 Å². The molecule has 2 heterocycles. The molecule has 0 radical (unpaired) electrons. The second-order valence-corrected chi connectivity index (χ2v) is 13.2. The summed E-state index contributed by atoms with van der Waals surface area (Å²) < 4.78 is 18.3. The van der Waals surface area contributed by atoms with Gasteiger partial charge in [-0.1, -0.05) is 103 Å². The zero-order valence-electron chi connectivity index (χ0n) is 28.9. The van der Waals surface area contributed by atoms with Crippen LogP contribution in [0.1, 0.15) is 60.5 Å². The van der Waals surface area contributed by atoms with Gasteiger partial charge in [0.1, 0.15) is 0 Å². The maximum atomic E-state index is 12.5. The predicted molar refractivity (Wildman–Crippen MR) is 192 cm³/mol. The van der Waals surface area contributed by atoms with Gasteiger partial charge >= 0.3 is 5.97 Å². The fourth-order valence-electron chi connectivity index (χ4n) is 6.70. The highest BCUT2D eigenvalue weighted by Crippen LogP contribution is 2.39.